The number of benzene rings is 1. The zero-order valence-electron chi connectivity index (χ0n) is 10.5. The summed E-state index contributed by atoms with van der Waals surface area (Å²) in [5.41, 5.74) is 9.59. The first kappa shape index (κ1) is 12.0. The number of rotatable bonds is 2. The third-order valence-corrected chi connectivity index (χ3v) is 3.45. The molecule has 3 aromatic rings. The Bertz CT molecular complexity index is 731. The molecule has 5 heteroatoms. The number of hydrogen-bond acceptors (Lipinski definition) is 3. The summed E-state index contributed by atoms with van der Waals surface area (Å²) in [7, 11) is 0. The van der Waals surface area contributed by atoms with Gasteiger partial charge in [0.25, 0.3) is 0 Å². The summed E-state index contributed by atoms with van der Waals surface area (Å²) in [6.45, 7) is 1.97. The first-order valence-electron chi connectivity index (χ1n) is 5.98. The normalized spacial score (nSPS) is 11.1. The molecule has 0 fully saturated rings. The molecule has 0 saturated heterocycles. The number of nitrogens with zero attached hydrogens (tertiary/aromatic N) is 3. The summed E-state index contributed by atoms with van der Waals surface area (Å²) in [6.07, 6.45) is 0.697. The number of nitrogens with two attached hydrogens (primary N) is 1. The molecular weight excluding hydrogens is 260 g/mol. The molecule has 0 aliphatic rings. The highest BCUT2D eigenvalue weighted by atomic mass is 35.5. The molecule has 0 bridgehead atoms. The van der Waals surface area contributed by atoms with Crippen LogP contribution < -0.4 is 5.73 Å². The van der Waals surface area contributed by atoms with E-state index in [-0.39, 0.29) is 0 Å². The maximum Gasteiger partial charge on any atom is 0.161 e. The largest absolute Gasteiger partial charge is 0.397 e. The smallest absolute Gasteiger partial charge is 0.161 e. The van der Waals surface area contributed by atoms with Crippen LogP contribution in [0.3, 0.4) is 0 Å². The molecule has 0 saturated carbocycles. The molecule has 2 heterocycles. The Kier molecular flexibility index (Phi) is 2.87. The van der Waals surface area contributed by atoms with Gasteiger partial charge >= 0.3 is 0 Å². The number of nitrogen functional groups attached to an aromatic ring is 1. The van der Waals surface area contributed by atoms with Gasteiger partial charge in [0, 0.05) is 17.1 Å². The number of hydrogen-bond donors (Lipinski definition) is 1. The first-order chi connectivity index (χ1) is 9.15. The fourth-order valence-corrected chi connectivity index (χ4v) is 2.24. The highest BCUT2D eigenvalue weighted by Crippen LogP contribution is 2.17. The van der Waals surface area contributed by atoms with Crippen LogP contribution in [0.4, 0.5) is 5.69 Å². The van der Waals surface area contributed by atoms with Crippen molar-refractivity contribution in [2.75, 3.05) is 5.73 Å². The van der Waals surface area contributed by atoms with E-state index < -0.39 is 0 Å². The van der Waals surface area contributed by atoms with E-state index in [0.29, 0.717) is 6.42 Å². The topological polar surface area (TPSA) is 56.2 Å². The van der Waals surface area contributed by atoms with Gasteiger partial charge < -0.3 is 5.73 Å². The minimum absolute atomic E-state index is 0.697. The van der Waals surface area contributed by atoms with Crippen LogP contribution in [0.15, 0.2) is 36.4 Å². The molecule has 19 heavy (non-hydrogen) atoms. The van der Waals surface area contributed by atoms with Crippen molar-refractivity contribution in [2.45, 2.75) is 13.3 Å². The van der Waals surface area contributed by atoms with Gasteiger partial charge in [0.15, 0.2) is 5.65 Å². The van der Waals surface area contributed by atoms with E-state index in [1.165, 1.54) is 0 Å². The number of anilines is 1. The molecule has 0 atom stereocenters. The Labute approximate surface area is 115 Å². The quantitative estimate of drug-likeness (QED) is 0.780. The molecule has 1 aromatic carbocycles. The number of fused-ring (bicyclic) bond motifs is 1. The van der Waals surface area contributed by atoms with E-state index in [1.807, 2.05) is 47.7 Å². The standard InChI is InChI=1S/C14H13ClN4/c1-9-12(16)6-7-13-17-18-14(19(9)13)8-10-2-4-11(15)5-3-10/h2-7H,8,16H2,1H3. The van der Waals surface area contributed by atoms with Gasteiger partial charge in [-0.1, -0.05) is 23.7 Å². The molecule has 2 aromatic heterocycles. The van der Waals surface area contributed by atoms with Crippen molar-refractivity contribution in [3.63, 3.8) is 0 Å². The molecule has 0 aliphatic heterocycles. The van der Waals surface area contributed by atoms with E-state index >= 15 is 0 Å². The highest BCUT2D eigenvalue weighted by molar-refractivity contribution is 6.30. The maximum atomic E-state index is 5.93. The second kappa shape index (κ2) is 4.55. The number of aryl methyl sites for hydroxylation is 1. The fraction of sp³-hybridized carbons (Fsp3) is 0.143. The number of pyridine rings is 1. The lowest BCUT2D eigenvalue weighted by atomic mass is 10.1. The zero-order valence-corrected chi connectivity index (χ0v) is 11.2. The third-order valence-electron chi connectivity index (χ3n) is 3.20. The van der Waals surface area contributed by atoms with Crippen LogP contribution in [-0.2, 0) is 6.42 Å². The molecule has 96 valence electrons. The molecule has 3 rings (SSSR count). The monoisotopic (exact) mass is 272 g/mol. The second-order valence-electron chi connectivity index (χ2n) is 4.49. The lowest BCUT2D eigenvalue weighted by molar-refractivity contribution is 0.916. The van der Waals surface area contributed by atoms with E-state index in [1.54, 1.807) is 0 Å². The third kappa shape index (κ3) is 2.15. The summed E-state index contributed by atoms with van der Waals surface area (Å²) < 4.78 is 1.99. The average Bonchev–Trinajstić information content (AvgIpc) is 2.80. The average molecular weight is 273 g/mol. The predicted molar refractivity (Wildman–Crippen MR) is 76.4 cm³/mol. The van der Waals surface area contributed by atoms with Gasteiger partial charge in [-0.25, -0.2) is 0 Å². The summed E-state index contributed by atoms with van der Waals surface area (Å²) >= 11 is 5.88. The highest BCUT2D eigenvalue weighted by Gasteiger charge is 2.09. The van der Waals surface area contributed by atoms with Gasteiger partial charge in [0.05, 0.1) is 5.69 Å². The Balaban J connectivity index is 2.06. The fourth-order valence-electron chi connectivity index (χ4n) is 2.12. The number of aromatic nitrogens is 3. The van der Waals surface area contributed by atoms with Gasteiger partial charge in [-0.3, -0.25) is 4.40 Å². The minimum Gasteiger partial charge on any atom is -0.397 e. The lowest BCUT2D eigenvalue weighted by Crippen LogP contribution is -2.02. The Hall–Kier alpha value is -2.07. The Morgan fingerprint density at radius 2 is 1.84 bits per heavy atom. The second-order valence-corrected chi connectivity index (χ2v) is 4.92. The van der Waals surface area contributed by atoms with E-state index in [0.717, 1.165) is 33.4 Å². The van der Waals surface area contributed by atoms with Crippen molar-refractivity contribution in [2.24, 2.45) is 0 Å². The van der Waals surface area contributed by atoms with Gasteiger partial charge in [-0.2, -0.15) is 0 Å². The van der Waals surface area contributed by atoms with Crippen LogP contribution in [0.25, 0.3) is 5.65 Å². The van der Waals surface area contributed by atoms with Crippen molar-refractivity contribution in [3.05, 3.63) is 58.5 Å². The van der Waals surface area contributed by atoms with Crippen LogP contribution in [-0.4, -0.2) is 14.6 Å². The molecular formula is C14H13ClN4. The van der Waals surface area contributed by atoms with Crippen LogP contribution in [0.5, 0.6) is 0 Å². The van der Waals surface area contributed by atoms with Crippen LogP contribution in [0.2, 0.25) is 5.02 Å². The van der Waals surface area contributed by atoms with Crippen LogP contribution >= 0.6 is 11.6 Å². The van der Waals surface area contributed by atoms with Crippen LogP contribution in [0.1, 0.15) is 17.1 Å². The van der Waals surface area contributed by atoms with E-state index in [2.05, 4.69) is 10.2 Å². The molecule has 0 unspecified atom stereocenters. The molecule has 2 N–H and O–H groups in total. The van der Waals surface area contributed by atoms with Crippen molar-refractivity contribution in [3.8, 4) is 0 Å². The summed E-state index contributed by atoms with van der Waals surface area (Å²) in [4.78, 5) is 0. The van der Waals surface area contributed by atoms with Crippen LogP contribution in [0, 0.1) is 6.92 Å². The molecule has 0 radical (unpaired) electrons. The minimum atomic E-state index is 0.697. The van der Waals surface area contributed by atoms with Gasteiger partial charge in [-0.05, 0) is 36.8 Å². The summed E-state index contributed by atoms with van der Waals surface area (Å²) in [6, 6.07) is 11.5. The number of halogens is 1. The van der Waals surface area contributed by atoms with Crippen molar-refractivity contribution < 1.29 is 0 Å². The van der Waals surface area contributed by atoms with E-state index in [9.17, 15) is 0 Å². The Morgan fingerprint density at radius 3 is 2.58 bits per heavy atom. The van der Waals surface area contributed by atoms with Gasteiger partial charge in [0.2, 0.25) is 0 Å². The van der Waals surface area contributed by atoms with Gasteiger partial charge in [-0.15, -0.1) is 10.2 Å². The van der Waals surface area contributed by atoms with Crippen molar-refractivity contribution in [1.29, 1.82) is 0 Å². The molecule has 4 nitrogen and oxygen atoms in total. The molecule has 0 aliphatic carbocycles. The van der Waals surface area contributed by atoms with Crippen molar-refractivity contribution in [1.82, 2.24) is 14.6 Å². The van der Waals surface area contributed by atoms with Gasteiger partial charge in [0.1, 0.15) is 5.82 Å². The predicted octanol–water partition coefficient (Wildman–Crippen LogP) is 2.86. The molecule has 0 spiro atoms. The first-order valence-corrected chi connectivity index (χ1v) is 6.36. The summed E-state index contributed by atoms with van der Waals surface area (Å²) in [5, 5.41) is 9.14. The SMILES string of the molecule is Cc1c(N)ccc2nnc(Cc3ccc(Cl)cc3)n12. The van der Waals surface area contributed by atoms with Crippen molar-refractivity contribution >= 4 is 22.9 Å². The summed E-state index contributed by atoms with van der Waals surface area (Å²) in [5.74, 6) is 0.877. The maximum absolute atomic E-state index is 5.93. The lowest BCUT2D eigenvalue weighted by Gasteiger charge is -2.06. The van der Waals surface area contributed by atoms with E-state index in [4.69, 9.17) is 17.3 Å². The molecule has 0 amide bonds. The Morgan fingerprint density at radius 1 is 1.11 bits per heavy atom. The zero-order chi connectivity index (χ0) is 13.4.